The normalized spacial score (nSPS) is 10.9. The van der Waals surface area contributed by atoms with Gasteiger partial charge in [0.05, 0.1) is 7.11 Å². The second-order valence-corrected chi connectivity index (χ2v) is 7.13. The van der Waals surface area contributed by atoms with Crippen LogP contribution >= 0.6 is 0 Å². The lowest BCUT2D eigenvalue weighted by molar-refractivity contribution is 0.104. The first-order chi connectivity index (χ1) is 15.6. The van der Waals surface area contributed by atoms with Crippen LogP contribution in [-0.2, 0) is 6.61 Å². The summed E-state index contributed by atoms with van der Waals surface area (Å²) in [4.78, 5) is 12.3. The molecule has 1 aromatic heterocycles. The first-order valence-electron chi connectivity index (χ1n) is 10.1. The second kappa shape index (κ2) is 9.75. The highest BCUT2D eigenvalue weighted by atomic mass is 16.5. The van der Waals surface area contributed by atoms with Gasteiger partial charge in [-0.05, 0) is 42.8 Å². The maximum atomic E-state index is 12.3. The van der Waals surface area contributed by atoms with Crippen LogP contribution < -0.4 is 9.47 Å². The minimum Gasteiger partial charge on any atom is -0.493 e. The number of ether oxygens (including phenoxy) is 2. The third-order valence-corrected chi connectivity index (χ3v) is 4.79. The molecule has 6 nitrogen and oxygen atoms in total. The standard InChI is InChI=1S/C26H22N2O4/c1-18-8-12-21(13-9-18)26-28-27-25(32-26)17-31-23-15-11-19(16-24(23)30-2)10-14-22(29)20-6-4-3-5-7-20/h3-16H,17H2,1-2H3/b14-10+. The van der Waals surface area contributed by atoms with Gasteiger partial charge in [-0.3, -0.25) is 4.79 Å². The number of aryl methyl sites for hydroxylation is 1. The number of aromatic nitrogens is 2. The van der Waals surface area contributed by atoms with E-state index in [1.54, 1.807) is 37.5 Å². The zero-order valence-corrected chi connectivity index (χ0v) is 17.8. The van der Waals surface area contributed by atoms with E-state index in [-0.39, 0.29) is 12.4 Å². The molecule has 0 saturated heterocycles. The highest BCUT2D eigenvalue weighted by Gasteiger charge is 2.11. The molecule has 32 heavy (non-hydrogen) atoms. The van der Waals surface area contributed by atoms with E-state index in [0.29, 0.717) is 28.8 Å². The van der Waals surface area contributed by atoms with Crippen molar-refractivity contribution in [2.75, 3.05) is 7.11 Å². The molecule has 1 heterocycles. The minimum absolute atomic E-state index is 0.0642. The predicted molar refractivity (Wildman–Crippen MR) is 122 cm³/mol. The van der Waals surface area contributed by atoms with Crippen molar-refractivity contribution in [1.82, 2.24) is 10.2 Å². The Morgan fingerprint density at radius 1 is 0.969 bits per heavy atom. The molecule has 0 saturated carbocycles. The van der Waals surface area contributed by atoms with E-state index < -0.39 is 0 Å². The molecule has 0 N–H and O–H groups in total. The third-order valence-electron chi connectivity index (χ3n) is 4.79. The van der Waals surface area contributed by atoms with E-state index in [1.165, 1.54) is 6.08 Å². The van der Waals surface area contributed by atoms with Crippen molar-refractivity contribution in [3.63, 3.8) is 0 Å². The largest absolute Gasteiger partial charge is 0.493 e. The smallest absolute Gasteiger partial charge is 0.254 e. The molecule has 0 aliphatic heterocycles. The molecule has 0 fully saturated rings. The summed E-state index contributed by atoms with van der Waals surface area (Å²) in [5.41, 5.74) is 3.47. The number of hydrogen-bond donors (Lipinski definition) is 0. The summed E-state index contributed by atoms with van der Waals surface area (Å²) >= 11 is 0. The van der Waals surface area contributed by atoms with E-state index in [0.717, 1.165) is 16.7 Å². The van der Waals surface area contributed by atoms with Crippen LogP contribution in [-0.4, -0.2) is 23.1 Å². The molecule has 6 heteroatoms. The van der Waals surface area contributed by atoms with Crippen molar-refractivity contribution in [2.45, 2.75) is 13.5 Å². The van der Waals surface area contributed by atoms with Gasteiger partial charge in [0.2, 0.25) is 5.89 Å². The molecule has 0 aliphatic rings. The topological polar surface area (TPSA) is 74.5 Å². The van der Waals surface area contributed by atoms with E-state index in [9.17, 15) is 4.79 Å². The van der Waals surface area contributed by atoms with Gasteiger partial charge in [0, 0.05) is 11.1 Å². The van der Waals surface area contributed by atoms with Crippen LogP contribution in [0.15, 0.2) is 83.3 Å². The molecule has 0 unspecified atom stereocenters. The van der Waals surface area contributed by atoms with Crippen molar-refractivity contribution in [2.24, 2.45) is 0 Å². The van der Waals surface area contributed by atoms with Gasteiger partial charge in [0.1, 0.15) is 0 Å². The monoisotopic (exact) mass is 426 g/mol. The molecule has 0 amide bonds. The number of nitrogens with zero attached hydrogens (tertiary/aromatic N) is 2. The van der Waals surface area contributed by atoms with Crippen molar-refractivity contribution in [1.29, 1.82) is 0 Å². The zero-order valence-electron chi connectivity index (χ0n) is 17.8. The molecule has 3 aromatic carbocycles. The lowest BCUT2D eigenvalue weighted by Gasteiger charge is -2.10. The Labute approximate surface area is 186 Å². The number of methoxy groups -OCH3 is 1. The summed E-state index contributed by atoms with van der Waals surface area (Å²) in [6.07, 6.45) is 3.28. The molecular formula is C26H22N2O4. The Bertz CT molecular complexity index is 1230. The number of hydrogen-bond acceptors (Lipinski definition) is 6. The van der Waals surface area contributed by atoms with Gasteiger partial charge in [-0.2, -0.15) is 0 Å². The van der Waals surface area contributed by atoms with Crippen LogP contribution in [0.4, 0.5) is 0 Å². The number of carbonyl (C=O) groups excluding carboxylic acids is 1. The summed E-state index contributed by atoms with van der Waals surface area (Å²) < 4.78 is 17.0. The Balaban J connectivity index is 1.42. The number of rotatable bonds is 8. The maximum absolute atomic E-state index is 12.3. The van der Waals surface area contributed by atoms with E-state index in [2.05, 4.69) is 10.2 Å². The first kappa shape index (κ1) is 21.1. The molecule has 4 aromatic rings. The lowest BCUT2D eigenvalue weighted by Crippen LogP contribution is -1.98. The fraction of sp³-hybridized carbons (Fsp3) is 0.115. The van der Waals surface area contributed by atoms with Crippen molar-refractivity contribution in [3.8, 4) is 23.0 Å². The van der Waals surface area contributed by atoms with Gasteiger partial charge >= 0.3 is 0 Å². The van der Waals surface area contributed by atoms with Crippen LogP contribution in [0.1, 0.15) is 27.4 Å². The Morgan fingerprint density at radius 2 is 1.75 bits per heavy atom. The zero-order chi connectivity index (χ0) is 22.3. The Kier molecular flexibility index (Phi) is 6.41. The van der Waals surface area contributed by atoms with Gasteiger partial charge in [0.15, 0.2) is 23.9 Å². The highest BCUT2D eigenvalue weighted by molar-refractivity contribution is 6.06. The van der Waals surface area contributed by atoms with Gasteiger partial charge in [-0.25, -0.2) is 0 Å². The molecule has 160 valence electrons. The van der Waals surface area contributed by atoms with Crippen LogP contribution in [0.3, 0.4) is 0 Å². The fourth-order valence-electron chi connectivity index (χ4n) is 3.04. The van der Waals surface area contributed by atoms with Gasteiger partial charge < -0.3 is 13.9 Å². The van der Waals surface area contributed by atoms with E-state index in [1.807, 2.05) is 55.5 Å². The Morgan fingerprint density at radius 3 is 2.50 bits per heavy atom. The van der Waals surface area contributed by atoms with Crippen molar-refractivity contribution >= 4 is 11.9 Å². The Hall–Kier alpha value is -4.19. The minimum atomic E-state index is -0.0642. The molecule has 4 rings (SSSR count). The molecule has 0 spiro atoms. The molecular weight excluding hydrogens is 404 g/mol. The lowest BCUT2D eigenvalue weighted by atomic mass is 10.1. The van der Waals surface area contributed by atoms with Gasteiger partial charge in [0.25, 0.3) is 5.89 Å². The van der Waals surface area contributed by atoms with Gasteiger partial charge in [-0.1, -0.05) is 60.2 Å². The average Bonchev–Trinajstić information content (AvgIpc) is 3.31. The fourth-order valence-corrected chi connectivity index (χ4v) is 3.04. The number of carbonyl (C=O) groups is 1. The average molecular weight is 426 g/mol. The van der Waals surface area contributed by atoms with Crippen molar-refractivity contribution in [3.05, 3.63) is 101 Å². The predicted octanol–water partition coefficient (Wildman–Crippen LogP) is 5.53. The number of ketones is 1. The quantitative estimate of drug-likeness (QED) is 0.272. The molecule has 0 aliphatic carbocycles. The summed E-state index contributed by atoms with van der Waals surface area (Å²) in [6.45, 7) is 2.13. The summed E-state index contributed by atoms with van der Waals surface area (Å²) in [7, 11) is 1.56. The molecule has 0 bridgehead atoms. The van der Waals surface area contributed by atoms with E-state index in [4.69, 9.17) is 13.9 Å². The van der Waals surface area contributed by atoms with Crippen molar-refractivity contribution < 1.29 is 18.7 Å². The number of allylic oxidation sites excluding steroid dienone is 1. The van der Waals surface area contributed by atoms with Crippen LogP contribution in [0.25, 0.3) is 17.5 Å². The molecule has 0 radical (unpaired) electrons. The maximum Gasteiger partial charge on any atom is 0.254 e. The van der Waals surface area contributed by atoms with E-state index >= 15 is 0 Å². The summed E-state index contributed by atoms with van der Waals surface area (Å²) in [6, 6.07) is 22.4. The van der Waals surface area contributed by atoms with Crippen LogP contribution in [0.5, 0.6) is 11.5 Å². The second-order valence-electron chi connectivity index (χ2n) is 7.13. The van der Waals surface area contributed by atoms with Gasteiger partial charge in [-0.15, -0.1) is 10.2 Å². The third kappa shape index (κ3) is 5.10. The van der Waals surface area contributed by atoms with Crippen LogP contribution in [0.2, 0.25) is 0 Å². The van der Waals surface area contributed by atoms with Crippen LogP contribution in [0, 0.1) is 6.92 Å². The molecule has 0 atom stereocenters. The number of benzene rings is 3. The summed E-state index contributed by atoms with van der Waals surface area (Å²) in [5.74, 6) is 1.82. The first-order valence-corrected chi connectivity index (χ1v) is 10.1. The highest BCUT2D eigenvalue weighted by Crippen LogP contribution is 2.29. The summed E-state index contributed by atoms with van der Waals surface area (Å²) in [5, 5.41) is 8.13. The SMILES string of the molecule is COc1cc(/C=C/C(=O)c2ccccc2)ccc1OCc1nnc(-c2ccc(C)cc2)o1.